The molecule has 1 fully saturated rings. The number of nitrogens with two attached hydrogens (primary N) is 1. The monoisotopic (exact) mass is 388 g/mol. The van der Waals surface area contributed by atoms with Crippen LogP contribution in [0.5, 0.6) is 6.01 Å². The van der Waals surface area contributed by atoms with Crippen molar-refractivity contribution in [3.05, 3.63) is 36.4 Å². The average molecular weight is 388 g/mol. The van der Waals surface area contributed by atoms with Crippen LogP contribution in [0.4, 0.5) is 5.82 Å². The van der Waals surface area contributed by atoms with Gasteiger partial charge in [0.1, 0.15) is 18.3 Å². The highest BCUT2D eigenvalue weighted by Crippen LogP contribution is 2.32. The molecule has 1 saturated heterocycles. The summed E-state index contributed by atoms with van der Waals surface area (Å²) < 4.78 is 12.6. The van der Waals surface area contributed by atoms with Gasteiger partial charge in [0.15, 0.2) is 23.2 Å². The van der Waals surface area contributed by atoms with E-state index in [1.807, 2.05) is 18.2 Å². The Balaban J connectivity index is 1.56. The van der Waals surface area contributed by atoms with Crippen LogP contribution >= 0.6 is 0 Å². The number of ether oxygens (including phenoxy) is 2. The second kappa shape index (κ2) is 7.64. The smallest absolute Gasteiger partial charge is 0.320 e. The van der Waals surface area contributed by atoms with Crippen molar-refractivity contribution in [3.8, 4) is 6.01 Å². The molecule has 0 unspecified atom stereocenters. The molecule has 0 spiro atoms. The number of nitrogen functional groups attached to an aromatic ring is 1. The van der Waals surface area contributed by atoms with Gasteiger partial charge in [0.2, 0.25) is 0 Å². The lowest BCUT2D eigenvalue weighted by atomic mass is 10.1. The number of hydrogen-bond donors (Lipinski definition) is 4. The first kappa shape index (κ1) is 18.5. The number of hydrogen-bond acceptors (Lipinski definition) is 10. The van der Waals surface area contributed by atoms with Crippen LogP contribution in [0, 0.1) is 0 Å². The Bertz CT molecular complexity index is 952. The zero-order chi connectivity index (χ0) is 19.7. The van der Waals surface area contributed by atoms with E-state index in [2.05, 4.69) is 19.9 Å². The molecule has 3 aromatic heterocycles. The Morgan fingerprint density at radius 1 is 1.18 bits per heavy atom. The van der Waals surface area contributed by atoms with Gasteiger partial charge in [-0.05, 0) is 12.1 Å². The van der Waals surface area contributed by atoms with Gasteiger partial charge >= 0.3 is 6.01 Å². The molecule has 0 saturated carbocycles. The molecule has 11 nitrogen and oxygen atoms in total. The summed E-state index contributed by atoms with van der Waals surface area (Å²) in [6.07, 6.45) is -0.738. The molecular formula is C17H20N6O5. The molecule has 148 valence electrons. The molecule has 1 aliphatic heterocycles. The fraction of sp³-hybridized carbons (Fsp3) is 0.412. The zero-order valence-electron chi connectivity index (χ0n) is 14.8. The lowest BCUT2D eigenvalue weighted by molar-refractivity contribution is -0.0511. The molecule has 0 bridgehead atoms. The van der Waals surface area contributed by atoms with E-state index < -0.39 is 31.1 Å². The van der Waals surface area contributed by atoms with Crippen LogP contribution in [0.25, 0.3) is 11.2 Å². The third kappa shape index (κ3) is 3.36. The van der Waals surface area contributed by atoms with E-state index in [1.54, 1.807) is 6.20 Å². The van der Waals surface area contributed by atoms with Gasteiger partial charge in [-0.2, -0.15) is 9.97 Å². The van der Waals surface area contributed by atoms with Crippen LogP contribution in [0.15, 0.2) is 30.7 Å². The molecule has 0 aromatic carbocycles. The van der Waals surface area contributed by atoms with E-state index >= 15 is 0 Å². The summed E-state index contributed by atoms with van der Waals surface area (Å²) in [6, 6.07) is 5.66. The van der Waals surface area contributed by atoms with Gasteiger partial charge < -0.3 is 30.5 Å². The number of aliphatic hydroxyl groups is 3. The molecule has 3 aromatic rings. The second-order valence-electron chi connectivity index (χ2n) is 6.36. The molecule has 11 heteroatoms. The largest absolute Gasteiger partial charge is 0.463 e. The number of pyridine rings is 1. The van der Waals surface area contributed by atoms with E-state index in [0.29, 0.717) is 18.5 Å². The summed E-state index contributed by atoms with van der Waals surface area (Å²) in [5, 5.41) is 29.5. The van der Waals surface area contributed by atoms with Crippen molar-refractivity contribution < 1.29 is 24.8 Å². The Kier molecular flexibility index (Phi) is 5.05. The number of fused-ring (bicyclic) bond motifs is 1. The Hall–Kier alpha value is -2.86. The lowest BCUT2D eigenvalue weighted by Crippen LogP contribution is -2.33. The van der Waals surface area contributed by atoms with Crippen LogP contribution in [0.3, 0.4) is 0 Å². The SMILES string of the molecule is Nc1nc(OCCc2ccccn2)nc2c1ncn2[C@@H]1O[C@H](CO)[C@@H](O)[C@H]1O. The number of imidazole rings is 1. The number of rotatable bonds is 6. The van der Waals surface area contributed by atoms with Gasteiger partial charge in [0.25, 0.3) is 0 Å². The summed E-state index contributed by atoms with van der Waals surface area (Å²) >= 11 is 0. The van der Waals surface area contributed by atoms with Crippen LogP contribution in [0.2, 0.25) is 0 Å². The van der Waals surface area contributed by atoms with Gasteiger partial charge in [-0.15, -0.1) is 0 Å². The summed E-state index contributed by atoms with van der Waals surface area (Å²) in [5.41, 5.74) is 7.43. The van der Waals surface area contributed by atoms with Gasteiger partial charge in [-0.3, -0.25) is 9.55 Å². The summed E-state index contributed by atoms with van der Waals surface area (Å²) in [7, 11) is 0. The number of aromatic nitrogens is 5. The fourth-order valence-electron chi connectivity index (χ4n) is 3.07. The van der Waals surface area contributed by atoms with Gasteiger partial charge in [0, 0.05) is 18.3 Å². The number of nitrogens with zero attached hydrogens (tertiary/aromatic N) is 5. The molecule has 4 heterocycles. The topological polar surface area (TPSA) is 162 Å². The fourth-order valence-corrected chi connectivity index (χ4v) is 3.07. The zero-order valence-corrected chi connectivity index (χ0v) is 14.8. The summed E-state index contributed by atoms with van der Waals surface area (Å²) in [6.45, 7) is -0.135. The molecule has 5 N–H and O–H groups in total. The Morgan fingerprint density at radius 3 is 2.75 bits per heavy atom. The summed E-state index contributed by atoms with van der Waals surface area (Å²) in [5.74, 6) is 0.114. The molecule has 0 amide bonds. The highest BCUT2D eigenvalue weighted by atomic mass is 16.6. The van der Waals surface area contributed by atoms with Crippen molar-refractivity contribution in [2.75, 3.05) is 18.9 Å². The van der Waals surface area contributed by atoms with Gasteiger partial charge in [0.05, 0.1) is 19.5 Å². The van der Waals surface area contributed by atoms with Crippen molar-refractivity contribution in [3.63, 3.8) is 0 Å². The van der Waals surface area contributed by atoms with Gasteiger partial charge in [-0.1, -0.05) is 6.07 Å². The summed E-state index contributed by atoms with van der Waals surface area (Å²) in [4.78, 5) is 16.8. The van der Waals surface area contributed by atoms with Crippen molar-refractivity contribution in [2.45, 2.75) is 31.0 Å². The third-order valence-electron chi connectivity index (χ3n) is 4.53. The predicted octanol–water partition coefficient (Wildman–Crippen LogP) is -0.964. The Morgan fingerprint density at radius 2 is 2.04 bits per heavy atom. The van der Waals surface area contributed by atoms with Crippen LogP contribution in [-0.2, 0) is 11.2 Å². The number of aliphatic hydroxyl groups excluding tert-OH is 3. The van der Waals surface area contributed by atoms with Crippen LogP contribution in [-0.4, -0.2) is 71.3 Å². The van der Waals surface area contributed by atoms with Crippen LogP contribution in [0.1, 0.15) is 11.9 Å². The maximum atomic E-state index is 10.2. The molecule has 28 heavy (non-hydrogen) atoms. The van der Waals surface area contributed by atoms with Crippen molar-refractivity contribution in [1.29, 1.82) is 0 Å². The first-order chi connectivity index (χ1) is 13.6. The van der Waals surface area contributed by atoms with E-state index in [0.717, 1.165) is 5.69 Å². The normalized spacial score (nSPS) is 24.7. The van der Waals surface area contributed by atoms with Crippen molar-refractivity contribution in [2.24, 2.45) is 0 Å². The first-order valence-corrected chi connectivity index (χ1v) is 8.73. The van der Waals surface area contributed by atoms with Crippen LogP contribution < -0.4 is 10.5 Å². The lowest BCUT2D eigenvalue weighted by Gasteiger charge is -2.16. The Labute approximate surface area is 159 Å². The van der Waals surface area contributed by atoms with Crippen molar-refractivity contribution >= 4 is 17.0 Å². The minimum Gasteiger partial charge on any atom is -0.463 e. The molecule has 1 aliphatic rings. The second-order valence-corrected chi connectivity index (χ2v) is 6.36. The van der Waals surface area contributed by atoms with E-state index in [1.165, 1.54) is 10.9 Å². The highest BCUT2D eigenvalue weighted by Gasteiger charge is 2.44. The minimum absolute atomic E-state index is 0.0504. The standard InChI is InChI=1S/C17H20N6O5/c18-14-11-15(22-17(21-14)27-6-4-9-3-1-2-5-19-9)23(8-20-11)16-13(26)12(25)10(7-24)28-16/h1-3,5,8,10,12-13,16,24-26H,4,6-7H2,(H2,18,21,22)/t10-,12-,13-,16-/m1/s1. The quantitative estimate of drug-likeness (QED) is 0.413. The highest BCUT2D eigenvalue weighted by molar-refractivity contribution is 5.82. The molecule has 4 atom stereocenters. The predicted molar refractivity (Wildman–Crippen MR) is 96.2 cm³/mol. The first-order valence-electron chi connectivity index (χ1n) is 8.73. The third-order valence-corrected chi connectivity index (χ3v) is 4.53. The maximum absolute atomic E-state index is 10.2. The van der Waals surface area contributed by atoms with E-state index in [4.69, 9.17) is 15.2 Å². The van der Waals surface area contributed by atoms with Gasteiger partial charge in [-0.25, -0.2) is 4.98 Å². The van der Waals surface area contributed by atoms with E-state index in [9.17, 15) is 15.3 Å². The maximum Gasteiger partial charge on any atom is 0.320 e. The average Bonchev–Trinajstić information content (AvgIpc) is 3.24. The molecule has 0 aliphatic carbocycles. The molecule has 0 radical (unpaired) electrons. The molecule has 4 rings (SSSR count). The van der Waals surface area contributed by atoms with E-state index in [-0.39, 0.29) is 17.5 Å². The molecular weight excluding hydrogens is 368 g/mol. The minimum atomic E-state index is -1.26. The van der Waals surface area contributed by atoms with Crippen molar-refractivity contribution in [1.82, 2.24) is 24.5 Å². The number of anilines is 1.